The minimum absolute atomic E-state index is 0.304. The van der Waals surface area contributed by atoms with Gasteiger partial charge in [-0.15, -0.1) is 0 Å². The number of H-pyrrole nitrogens is 1. The van der Waals surface area contributed by atoms with Crippen LogP contribution in [0.25, 0.3) is 11.3 Å². The Morgan fingerprint density at radius 2 is 2.19 bits per heavy atom. The molecule has 0 bridgehead atoms. The number of aromatic nitrogens is 4. The van der Waals surface area contributed by atoms with E-state index >= 15 is 0 Å². The van der Waals surface area contributed by atoms with Crippen molar-refractivity contribution in [1.82, 2.24) is 20.3 Å². The first-order chi connectivity index (χ1) is 10.1. The Hall–Kier alpha value is -2.34. The monoisotopic (exact) mass is 304 g/mol. The summed E-state index contributed by atoms with van der Waals surface area (Å²) in [5.41, 5.74) is 1.42. The van der Waals surface area contributed by atoms with Crippen molar-refractivity contribution >= 4 is 11.6 Å². The van der Waals surface area contributed by atoms with E-state index in [4.69, 9.17) is 20.9 Å². The summed E-state index contributed by atoms with van der Waals surface area (Å²) >= 11 is 6.05. The zero-order valence-corrected chi connectivity index (χ0v) is 12.3. The lowest BCUT2D eigenvalue weighted by Gasteiger charge is -2.14. The van der Waals surface area contributed by atoms with E-state index in [0.29, 0.717) is 22.3 Å². The Morgan fingerprint density at radius 1 is 1.33 bits per heavy atom. The SMILES string of the molecule is Cc1nc(C(C)Oc2ccc(Cl)cc2-c2ccon2)n[nH]1. The molecular formula is C14H13ClN4O2. The van der Waals surface area contributed by atoms with Crippen LogP contribution in [-0.4, -0.2) is 20.3 Å². The molecule has 21 heavy (non-hydrogen) atoms. The van der Waals surface area contributed by atoms with Gasteiger partial charge >= 0.3 is 0 Å². The summed E-state index contributed by atoms with van der Waals surface area (Å²) in [5.74, 6) is 1.98. The summed E-state index contributed by atoms with van der Waals surface area (Å²) in [5, 5.41) is 11.4. The van der Waals surface area contributed by atoms with E-state index in [-0.39, 0.29) is 6.10 Å². The zero-order chi connectivity index (χ0) is 14.8. The number of nitrogens with zero attached hydrogens (tertiary/aromatic N) is 3. The van der Waals surface area contributed by atoms with Crippen molar-refractivity contribution in [3.8, 4) is 17.0 Å². The molecule has 6 nitrogen and oxygen atoms in total. The quantitative estimate of drug-likeness (QED) is 0.797. The van der Waals surface area contributed by atoms with Crippen LogP contribution in [0.2, 0.25) is 5.02 Å². The molecule has 3 rings (SSSR count). The van der Waals surface area contributed by atoms with Gasteiger partial charge in [-0.1, -0.05) is 16.8 Å². The Labute approximate surface area is 126 Å². The minimum Gasteiger partial charge on any atom is -0.482 e. The molecule has 1 unspecified atom stereocenters. The number of halogens is 1. The lowest BCUT2D eigenvalue weighted by Crippen LogP contribution is -2.06. The number of ether oxygens (including phenoxy) is 1. The van der Waals surface area contributed by atoms with Gasteiger partial charge in [0.1, 0.15) is 23.5 Å². The predicted molar refractivity (Wildman–Crippen MR) is 77.1 cm³/mol. The zero-order valence-electron chi connectivity index (χ0n) is 11.5. The molecule has 0 aliphatic heterocycles. The van der Waals surface area contributed by atoms with Gasteiger partial charge < -0.3 is 9.26 Å². The molecule has 7 heteroatoms. The first-order valence-electron chi connectivity index (χ1n) is 6.39. The summed E-state index contributed by atoms with van der Waals surface area (Å²) in [6.45, 7) is 3.72. The third kappa shape index (κ3) is 2.90. The average molecular weight is 305 g/mol. The maximum Gasteiger partial charge on any atom is 0.191 e. The number of aromatic amines is 1. The summed E-state index contributed by atoms with van der Waals surface area (Å²) in [7, 11) is 0. The molecule has 2 aromatic heterocycles. The van der Waals surface area contributed by atoms with Gasteiger partial charge in [0.2, 0.25) is 0 Å². The first-order valence-corrected chi connectivity index (χ1v) is 6.77. The maximum atomic E-state index is 6.05. The van der Waals surface area contributed by atoms with E-state index in [1.807, 2.05) is 13.8 Å². The highest BCUT2D eigenvalue weighted by molar-refractivity contribution is 6.30. The minimum atomic E-state index is -0.304. The lowest BCUT2D eigenvalue weighted by atomic mass is 10.1. The third-order valence-electron chi connectivity index (χ3n) is 2.94. The Morgan fingerprint density at radius 3 is 2.86 bits per heavy atom. The van der Waals surface area contributed by atoms with Crippen molar-refractivity contribution in [2.45, 2.75) is 20.0 Å². The van der Waals surface area contributed by atoms with Crippen molar-refractivity contribution in [1.29, 1.82) is 0 Å². The van der Waals surface area contributed by atoms with E-state index in [0.717, 1.165) is 11.4 Å². The Kier molecular flexibility index (Phi) is 3.62. The second kappa shape index (κ2) is 5.57. The second-order valence-electron chi connectivity index (χ2n) is 4.56. The van der Waals surface area contributed by atoms with Gasteiger partial charge in [0.15, 0.2) is 11.9 Å². The summed E-state index contributed by atoms with van der Waals surface area (Å²) in [6, 6.07) is 7.09. The van der Waals surface area contributed by atoms with Gasteiger partial charge in [0.05, 0.1) is 0 Å². The van der Waals surface area contributed by atoms with Crippen LogP contribution in [0.4, 0.5) is 0 Å². The molecule has 2 heterocycles. The van der Waals surface area contributed by atoms with Crippen molar-refractivity contribution in [3.63, 3.8) is 0 Å². The molecule has 0 fully saturated rings. The van der Waals surface area contributed by atoms with E-state index in [9.17, 15) is 0 Å². The summed E-state index contributed by atoms with van der Waals surface area (Å²) in [4.78, 5) is 4.26. The number of hydrogen-bond acceptors (Lipinski definition) is 5. The highest BCUT2D eigenvalue weighted by atomic mass is 35.5. The molecule has 0 amide bonds. The highest BCUT2D eigenvalue weighted by Crippen LogP contribution is 2.33. The number of nitrogens with one attached hydrogen (secondary N) is 1. The molecule has 0 aliphatic carbocycles. The van der Waals surface area contributed by atoms with Crippen molar-refractivity contribution in [2.75, 3.05) is 0 Å². The van der Waals surface area contributed by atoms with Crippen LogP contribution in [0, 0.1) is 6.92 Å². The molecule has 0 radical (unpaired) electrons. The number of rotatable bonds is 4. The standard InChI is InChI=1S/C14H13ClN4O2/c1-8(14-16-9(2)17-18-14)21-13-4-3-10(15)7-11(13)12-5-6-20-19-12/h3-8H,1-2H3,(H,16,17,18). The normalized spacial score (nSPS) is 12.3. The lowest BCUT2D eigenvalue weighted by molar-refractivity contribution is 0.217. The Bertz CT molecular complexity index is 739. The van der Waals surface area contributed by atoms with E-state index in [1.54, 1.807) is 24.3 Å². The largest absolute Gasteiger partial charge is 0.482 e. The van der Waals surface area contributed by atoms with Gasteiger partial charge in [-0.2, -0.15) is 5.10 Å². The van der Waals surface area contributed by atoms with Gasteiger partial charge in [-0.25, -0.2) is 4.98 Å². The first kappa shape index (κ1) is 13.6. The molecule has 0 saturated carbocycles. The highest BCUT2D eigenvalue weighted by Gasteiger charge is 2.16. The van der Waals surface area contributed by atoms with Crippen LogP contribution in [0.5, 0.6) is 5.75 Å². The van der Waals surface area contributed by atoms with Crippen LogP contribution in [0.3, 0.4) is 0 Å². The van der Waals surface area contributed by atoms with Crippen LogP contribution >= 0.6 is 11.6 Å². The fourth-order valence-electron chi connectivity index (χ4n) is 1.94. The van der Waals surface area contributed by atoms with Crippen molar-refractivity contribution in [3.05, 3.63) is 47.2 Å². The second-order valence-corrected chi connectivity index (χ2v) is 5.00. The molecule has 0 spiro atoms. The fourth-order valence-corrected chi connectivity index (χ4v) is 2.11. The molecule has 0 saturated heterocycles. The van der Waals surface area contributed by atoms with Crippen LogP contribution < -0.4 is 4.74 Å². The van der Waals surface area contributed by atoms with Gasteiger partial charge in [0.25, 0.3) is 0 Å². The fraction of sp³-hybridized carbons (Fsp3) is 0.214. The predicted octanol–water partition coefficient (Wildman–Crippen LogP) is 3.56. The van der Waals surface area contributed by atoms with Crippen LogP contribution in [-0.2, 0) is 0 Å². The van der Waals surface area contributed by atoms with E-state index < -0.39 is 0 Å². The molecular weight excluding hydrogens is 292 g/mol. The van der Waals surface area contributed by atoms with Crippen molar-refractivity contribution < 1.29 is 9.26 Å². The smallest absolute Gasteiger partial charge is 0.191 e. The number of hydrogen-bond donors (Lipinski definition) is 1. The van der Waals surface area contributed by atoms with E-state index in [1.165, 1.54) is 6.26 Å². The van der Waals surface area contributed by atoms with Crippen LogP contribution in [0.1, 0.15) is 24.7 Å². The van der Waals surface area contributed by atoms with E-state index in [2.05, 4.69) is 20.3 Å². The van der Waals surface area contributed by atoms with Gasteiger partial charge in [-0.3, -0.25) is 5.10 Å². The number of aryl methyl sites for hydroxylation is 1. The molecule has 3 aromatic rings. The van der Waals surface area contributed by atoms with Gasteiger partial charge in [-0.05, 0) is 32.0 Å². The molecule has 1 N–H and O–H groups in total. The van der Waals surface area contributed by atoms with Crippen LogP contribution in [0.15, 0.2) is 35.1 Å². The molecule has 0 aliphatic rings. The molecule has 108 valence electrons. The third-order valence-corrected chi connectivity index (χ3v) is 3.17. The number of benzene rings is 1. The van der Waals surface area contributed by atoms with Crippen molar-refractivity contribution in [2.24, 2.45) is 0 Å². The molecule has 1 atom stereocenters. The Balaban J connectivity index is 1.92. The van der Waals surface area contributed by atoms with Gasteiger partial charge in [0, 0.05) is 16.7 Å². The summed E-state index contributed by atoms with van der Waals surface area (Å²) in [6.07, 6.45) is 1.20. The summed E-state index contributed by atoms with van der Waals surface area (Å²) < 4.78 is 10.8. The maximum absolute atomic E-state index is 6.05. The average Bonchev–Trinajstić information content (AvgIpc) is 3.11. The topological polar surface area (TPSA) is 76.8 Å². The molecule has 1 aromatic carbocycles.